The van der Waals surface area contributed by atoms with E-state index in [2.05, 4.69) is 15.3 Å². The van der Waals surface area contributed by atoms with Gasteiger partial charge >= 0.3 is 0 Å². The van der Waals surface area contributed by atoms with Crippen LogP contribution in [0.15, 0.2) is 30.6 Å². The first-order valence-corrected chi connectivity index (χ1v) is 6.63. The fourth-order valence-corrected chi connectivity index (χ4v) is 1.87. The van der Waals surface area contributed by atoms with Gasteiger partial charge in [-0.25, -0.2) is 14.4 Å². The lowest BCUT2D eigenvalue weighted by Gasteiger charge is -2.11. The molecule has 0 aliphatic rings. The highest BCUT2D eigenvalue weighted by Crippen LogP contribution is 2.20. The number of anilines is 1. The van der Waals surface area contributed by atoms with Crippen molar-refractivity contribution in [1.29, 1.82) is 0 Å². The van der Waals surface area contributed by atoms with Gasteiger partial charge in [0.1, 0.15) is 18.0 Å². The van der Waals surface area contributed by atoms with Crippen molar-refractivity contribution in [2.45, 2.75) is 20.3 Å². The van der Waals surface area contributed by atoms with Crippen LogP contribution in [-0.2, 0) is 6.42 Å². The molecule has 0 spiro atoms. The van der Waals surface area contributed by atoms with E-state index in [0.717, 1.165) is 29.9 Å². The summed E-state index contributed by atoms with van der Waals surface area (Å²) in [6, 6.07) is 6.52. The summed E-state index contributed by atoms with van der Waals surface area (Å²) >= 11 is 0. The monoisotopic (exact) mass is 275 g/mol. The van der Waals surface area contributed by atoms with Gasteiger partial charge in [-0.2, -0.15) is 0 Å². The summed E-state index contributed by atoms with van der Waals surface area (Å²) in [7, 11) is 0. The highest BCUT2D eigenvalue weighted by atomic mass is 19.1. The van der Waals surface area contributed by atoms with Crippen LogP contribution in [-0.4, -0.2) is 23.1 Å². The first-order chi connectivity index (χ1) is 9.70. The van der Waals surface area contributed by atoms with E-state index in [1.807, 2.05) is 13.8 Å². The molecule has 0 saturated heterocycles. The molecule has 0 amide bonds. The number of benzene rings is 1. The maximum Gasteiger partial charge on any atom is 0.221 e. The molecule has 0 fully saturated rings. The maximum atomic E-state index is 12.8. The molecule has 1 aromatic heterocycles. The highest BCUT2D eigenvalue weighted by molar-refractivity contribution is 5.47. The zero-order valence-electron chi connectivity index (χ0n) is 11.7. The first kappa shape index (κ1) is 14.2. The highest BCUT2D eigenvalue weighted by Gasteiger charge is 2.07. The molecule has 2 aromatic rings. The summed E-state index contributed by atoms with van der Waals surface area (Å²) in [6.07, 6.45) is 2.28. The van der Waals surface area contributed by atoms with Gasteiger partial charge in [0.15, 0.2) is 0 Å². The molecule has 2 rings (SSSR count). The molecule has 5 heteroatoms. The number of aromatic nitrogens is 2. The van der Waals surface area contributed by atoms with Gasteiger partial charge < -0.3 is 10.1 Å². The molecule has 0 unspecified atom stereocenters. The van der Waals surface area contributed by atoms with Gasteiger partial charge in [-0.1, -0.05) is 12.1 Å². The second-order valence-corrected chi connectivity index (χ2v) is 4.39. The average Bonchev–Trinajstić information content (AvgIpc) is 2.45. The Morgan fingerprint density at radius 2 is 1.95 bits per heavy atom. The van der Waals surface area contributed by atoms with Crippen LogP contribution < -0.4 is 10.1 Å². The van der Waals surface area contributed by atoms with E-state index in [-0.39, 0.29) is 5.82 Å². The van der Waals surface area contributed by atoms with E-state index in [1.165, 1.54) is 18.5 Å². The second kappa shape index (κ2) is 6.84. The van der Waals surface area contributed by atoms with Crippen molar-refractivity contribution in [2.75, 3.05) is 18.5 Å². The fraction of sp³-hybridized carbons (Fsp3) is 0.333. The van der Waals surface area contributed by atoms with Gasteiger partial charge in [0.25, 0.3) is 0 Å². The topological polar surface area (TPSA) is 47.0 Å². The second-order valence-electron chi connectivity index (χ2n) is 4.39. The fourth-order valence-electron chi connectivity index (χ4n) is 1.87. The number of ether oxygens (including phenoxy) is 1. The van der Waals surface area contributed by atoms with Crippen molar-refractivity contribution in [3.05, 3.63) is 47.5 Å². The van der Waals surface area contributed by atoms with E-state index in [9.17, 15) is 4.39 Å². The minimum absolute atomic E-state index is 0.213. The van der Waals surface area contributed by atoms with Gasteiger partial charge in [0.05, 0.1) is 12.2 Å². The zero-order valence-corrected chi connectivity index (χ0v) is 11.7. The smallest absolute Gasteiger partial charge is 0.221 e. The van der Waals surface area contributed by atoms with Crippen LogP contribution in [0.5, 0.6) is 5.88 Å². The van der Waals surface area contributed by atoms with Crippen molar-refractivity contribution in [3.63, 3.8) is 0 Å². The molecule has 0 saturated carbocycles. The average molecular weight is 275 g/mol. The largest absolute Gasteiger partial charge is 0.478 e. The third-order valence-electron chi connectivity index (χ3n) is 2.94. The van der Waals surface area contributed by atoms with Gasteiger partial charge in [-0.15, -0.1) is 0 Å². The lowest BCUT2D eigenvalue weighted by atomic mass is 10.1. The summed E-state index contributed by atoms with van der Waals surface area (Å²) < 4.78 is 18.2. The normalized spacial score (nSPS) is 10.3. The molecule has 0 radical (unpaired) electrons. The summed E-state index contributed by atoms with van der Waals surface area (Å²) in [6.45, 7) is 5.14. The van der Waals surface area contributed by atoms with E-state index < -0.39 is 0 Å². The summed E-state index contributed by atoms with van der Waals surface area (Å²) in [4.78, 5) is 8.29. The number of rotatable bonds is 6. The number of hydrogen-bond acceptors (Lipinski definition) is 4. The van der Waals surface area contributed by atoms with E-state index in [0.29, 0.717) is 12.5 Å². The van der Waals surface area contributed by atoms with Crippen molar-refractivity contribution in [3.8, 4) is 5.88 Å². The van der Waals surface area contributed by atoms with Crippen LogP contribution in [0.2, 0.25) is 0 Å². The van der Waals surface area contributed by atoms with E-state index in [4.69, 9.17) is 4.74 Å². The molecule has 20 heavy (non-hydrogen) atoms. The molecular weight excluding hydrogens is 257 g/mol. The zero-order chi connectivity index (χ0) is 14.4. The van der Waals surface area contributed by atoms with Crippen LogP contribution >= 0.6 is 0 Å². The Morgan fingerprint density at radius 1 is 1.20 bits per heavy atom. The van der Waals surface area contributed by atoms with Crippen LogP contribution in [0.4, 0.5) is 10.2 Å². The number of hydrogen-bond donors (Lipinski definition) is 1. The molecule has 106 valence electrons. The van der Waals surface area contributed by atoms with Gasteiger partial charge in [0, 0.05) is 6.54 Å². The molecule has 0 atom stereocenters. The minimum Gasteiger partial charge on any atom is -0.478 e. The molecule has 4 nitrogen and oxygen atoms in total. The van der Waals surface area contributed by atoms with Crippen LogP contribution in [0.1, 0.15) is 18.1 Å². The van der Waals surface area contributed by atoms with Crippen molar-refractivity contribution >= 4 is 5.82 Å². The summed E-state index contributed by atoms with van der Waals surface area (Å²) in [5.74, 6) is 1.16. The predicted molar refractivity (Wildman–Crippen MR) is 76.5 cm³/mol. The van der Waals surface area contributed by atoms with E-state index >= 15 is 0 Å². The lowest BCUT2D eigenvalue weighted by Crippen LogP contribution is -2.09. The third-order valence-corrected chi connectivity index (χ3v) is 2.94. The van der Waals surface area contributed by atoms with Crippen LogP contribution in [0.3, 0.4) is 0 Å². The first-order valence-electron chi connectivity index (χ1n) is 6.63. The van der Waals surface area contributed by atoms with Crippen LogP contribution in [0.25, 0.3) is 0 Å². The molecule has 0 aliphatic carbocycles. The van der Waals surface area contributed by atoms with Crippen molar-refractivity contribution in [1.82, 2.24) is 9.97 Å². The van der Waals surface area contributed by atoms with Crippen molar-refractivity contribution in [2.24, 2.45) is 0 Å². The predicted octanol–water partition coefficient (Wildman–Crippen LogP) is 2.98. The Labute approximate surface area is 118 Å². The molecule has 0 bridgehead atoms. The van der Waals surface area contributed by atoms with Gasteiger partial charge in [0.2, 0.25) is 5.88 Å². The Balaban J connectivity index is 1.94. The SMILES string of the molecule is CCOc1ncnc(NCCc2ccc(F)cc2)c1C. The van der Waals surface area contributed by atoms with Gasteiger partial charge in [-0.3, -0.25) is 0 Å². The van der Waals surface area contributed by atoms with Crippen LogP contribution in [0, 0.1) is 12.7 Å². The minimum atomic E-state index is -0.213. The number of nitrogens with one attached hydrogen (secondary N) is 1. The number of nitrogens with zero attached hydrogens (tertiary/aromatic N) is 2. The molecule has 1 aromatic carbocycles. The standard InChI is InChI=1S/C15H18FN3O/c1-3-20-15-11(2)14(18-10-19-15)17-9-8-12-4-6-13(16)7-5-12/h4-7,10H,3,8-9H2,1-2H3,(H,17,18,19). The lowest BCUT2D eigenvalue weighted by molar-refractivity contribution is 0.324. The Bertz CT molecular complexity index is 558. The summed E-state index contributed by atoms with van der Waals surface area (Å²) in [5, 5.41) is 3.25. The quantitative estimate of drug-likeness (QED) is 0.880. The third kappa shape index (κ3) is 3.66. The molecule has 1 heterocycles. The Kier molecular flexibility index (Phi) is 4.87. The maximum absolute atomic E-state index is 12.8. The van der Waals surface area contributed by atoms with Crippen molar-refractivity contribution < 1.29 is 9.13 Å². The number of halogens is 1. The Hall–Kier alpha value is -2.17. The molecule has 1 N–H and O–H groups in total. The molecule has 0 aliphatic heterocycles. The summed E-state index contributed by atoms with van der Waals surface area (Å²) in [5.41, 5.74) is 1.98. The molecular formula is C15H18FN3O. The van der Waals surface area contributed by atoms with E-state index in [1.54, 1.807) is 12.1 Å². The van der Waals surface area contributed by atoms with Gasteiger partial charge in [-0.05, 0) is 38.0 Å². The Morgan fingerprint density at radius 3 is 2.65 bits per heavy atom.